The summed E-state index contributed by atoms with van der Waals surface area (Å²) in [7, 11) is 0. The van der Waals surface area contributed by atoms with Crippen molar-refractivity contribution in [3.05, 3.63) is 72.4 Å². The van der Waals surface area contributed by atoms with Crippen molar-refractivity contribution in [1.82, 2.24) is 4.98 Å². The first-order chi connectivity index (χ1) is 15.1. The number of nitrogens with one attached hydrogen (secondary N) is 1. The summed E-state index contributed by atoms with van der Waals surface area (Å²) in [6, 6.07) is 21.4. The highest BCUT2D eigenvalue weighted by Crippen LogP contribution is 2.44. The zero-order valence-electron chi connectivity index (χ0n) is 16.4. The molecule has 7 nitrogen and oxygen atoms in total. The molecular formula is C24H19N3O4. The maximum Gasteiger partial charge on any atom is 0.332 e. The van der Waals surface area contributed by atoms with Crippen molar-refractivity contribution in [2.45, 2.75) is 12.5 Å². The molecule has 0 bridgehead atoms. The molecule has 0 aliphatic heterocycles. The minimum atomic E-state index is -1.49. The molecule has 4 rings (SSSR count). The Kier molecular flexibility index (Phi) is 5.65. The highest BCUT2D eigenvalue weighted by Gasteiger charge is 2.23. The second-order valence-corrected chi connectivity index (χ2v) is 6.95. The van der Waals surface area contributed by atoms with E-state index in [1.807, 2.05) is 60.7 Å². The lowest BCUT2D eigenvalue weighted by atomic mass is 9.97. The molecule has 0 amide bonds. The van der Waals surface area contributed by atoms with Gasteiger partial charge in [-0.3, -0.25) is 0 Å². The molecule has 2 heterocycles. The molecule has 0 fully saturated rings. The summed E-state index contributed by atoms with van der Waals surface area (Å²) in [5.74, 6) is -0.667. The number of aliphatic hydroxyl groups excluding tert-OH is 1. The number of anilines is 1. The minimum absolute atomic E-state index is 0.0198. The number of hydrogen-bond acceptors (Lipinski definition) is 6. The molecular weight excluding hydrogens is 394 g/mol. The van der Waals surface area contributed by atoms with Crippen molar-refractivity contribution in [2.24, 2.45) is 0 Å². The lowest BCUT2D eigenvalue weighted by Crippen LogP contribution is -2.22. The summed E-state index contributed by atoms with van der Waals surface area (Å²) < 4.78 is 6.14. The normalized spacial score (nSPS) is 11.7. The van der Waals surface area contributed by atoms with Gasteiger partial charge < -0.3 is 19.9 Å². The quantitative estimate of drug-likeness (QED) is 0.414. The van der Waals surface area contributed by atoms with E-state index in [1.165, 1.54) is 6.20 Å². The largest absolute Gasteiger partial charge is 0.479 e. The van der Waals surface area contributed by atoms with Crippen LogP contribution in [0.4, 0.5) is 5.69 Å². The number of aliphatic carboxylic acids is 1. The van der Waals surface area contributed by atoms with Crippen LogP contribution in [0.3, 0.4) is 0 Å². The molecule has 0 aliphatic rings. The van der Waals surface area contributed by atoms with Gasteiger partial charge in [-0.25, -0.2) is 9.78 Å². The van der Waals surface area contributed by atoms with E-state index in [0.717, 1.165) is 16.7 Å². The van der Waals surface area contributed by atoms with Gasteiger partial charge in [-0.2, -0.15) is 5.26 Å². The summed E-state index contributed by atoms with van der Waals surface area (Å²) in [4.78, 5) is 15.3. The predicted octanol–water partition coefficient (Wildman–Crippen LogP) is 4.28. The van der Waals surface area contributed by atoms with Gasteiger partial charge in [0.25, 0.3) is 0 Å². The number of aromatic nitrogens is 1. The Hall–Kier alpha value is -4.15. The number of furan rings is 1. The number of carboxylic acids is 1. The van der Waals surface area contributed by atoms with E-state index < -0.39 is 12.1 Å². The van der Waals surface area contributed by atoms with Gasteiger partial charge >= 0.3 is 5.97 Å². The highest BCUT2D eigenvalue weighted by atomic mass is 16.4. The highest BCUT2D eigenvalue weighted by molar-refractivity contribution is 6.08. The average Bonchev–Trinajstić information content (AvgIpc) is 3.20. The molecule has 0 unspecified atom stereocenters. The number of carboxylic acid groups (broad SMARTS) is 1. The van der Waals surface area contributed by atoms with Crippen molar-refractivity contribution < 1.29 is 19.4 Å². The Balaban J connectivity index is 1.91. The van der Waals surface area contributed by atoms with Crippen LogP contribution >= 0.6 is 0 Å². The molecule has 31 heavy (non-hydrogen) atoms. The zero-order chi connectivity index (χ0) is 21.8. The van der Waals surface area contributed by atoms with Crippen LogP contribution in [0.1, 0.15) is 12.0 Å². The summed E-state index contributed by atoms with van der Waals surface area (Å²) >= 11 is 0. The van der Waals surface area contributed by atoms with Crippen molar-refractivity contribution >= 4 is 22.8 Å². The van der Waals surface area contributed by atoms with Crippen LogP contribution in [-0.2, 0) is 4.79 Å². The van der Waals surface area contributed by atoms with E-state index in [2.05, 4.69) is 16.4 Å². The van der Waals surface area contributed by atoms with Crippen LogP contribution in [0.5, 0.6) is 0 Å². The number of fused-ring (bicyclic) bond motifs is 1. The Morgan fingerprint density at radius 3 is 2.35 bits per heavy atom. The molecule has 0 aliphatic carbocycles. The van der Waals surface area contributed by atoms with Gasteiger partial charge in [0, 0.05) is 24.1 Å². The van der Waals surface area contributed by atoms with Crippen molar-refractivity contribution in [2.75, 3.05) is 11.9 Å². The van der Waals surface area contributed by atoms with Crippen LogP contribution in [0.2, 0.25) is 0 Å². The Labute approximate surface area is 178 Å². The number of nitrogens with zero attached hydrogens (tertiary/aromatic N) is 2. The Bertz CT molecular complexity index is 1260. The molecule has 0 spiro atoms. The van der Waals surface area contributed by atoms with Crippen LogP contribution in [0.25, 0.3) is 33.6 Å². The van der Waals surface area contributed by atoms with Gasteiger partial charge in [-0.05, 0) is 5.56 Å². The lowest BCUT2D eigenvalue weighted by Gasteiger charge is -2.12. The molecule has 154 valence electrons. The first-order valence-electron chi connectivity index (χ1n) is 9.71. The standard InChI is InChI=1S/C24H19N3O4/c25-13-17-14-27-23-20(21(17)26-12-11-18(28)24(29)30)19(15-7-3-1-4-8-15)22(31-23)16-9-5-2-6-10-16/h1-10,14,18,28H,11-12H2,(H,26,27)(H,29,30)/t18-/m0/s1. The molecule has 2 aromatic carbocycles. The summed E-state index contributed by atoms with van der Waals surface area (Å²) in [5, 5.41) is 31.9. The fourth-order valence-electron chi connectivity index (χ4n) is 3.46. The molecule has 4 aromatic rings. The van der Waals surface area contributed by atoms with E-state index in [-0.39, 0.29) is 13.0 Å². The first-order valence-corrected chi connectivity index (χ1v) is 9.71. The number of nitriles is 1. The molecule has 0 saturated carbocycles. The van der Waals surface area contributed by atoms with Crippen molar-refractivity contribution in [3.63, 3.8) is 0 Å². The van der Waals surface area contributed by atoms with E-state index in [4.69, 9.17) is 9.52 Å². The summed E-state index contributed by atoms with van der Waals surface area (Å²) in [6.07, 6.45) is -0.0902. The van der Waals surface area contributed by atoms with Gasteiger partial charge in [-0.15, -0.1) is 0 Å². The van der Waals surface area contributed by atoms with Gasteiger partial charge in [0.05, 0.1) is 22.8 Å². The van der Waals surface area contributed by atoms with Crippen LogP contribution in [0.15, 0.2) is 71.3 Å². The molecule has 2 aromatic heterocycles. The van der Waals surface area contributed by atoms with E-state index in [1.54, 1.807) is 0 Å². The van der Waals surface area contributed by atoms with Gasteiger partial charge in [0.1, 0.15) is 11.8 Å². The smallest absolute Gasteiger partial charge is 0.332 e. The maximum atomic E-state index is 10.9. The monoisotopic (exact) mass is 413 g/mol. The summed E-state index contributed by atoms with van der Waals surface area (Å²) in [5.41, 5.74) is 3.70. The molecule has 7 heteroatoms. The number of carbonyl (C=O) groups is 1. The average molecular weight is 413 g/mol. The fourth-order valence-corrected chi connectivity index (χ4v) is 3.46. The minimum Gasteiger partial charge on any atom is -0.479 e. The van der Waals surface area contributed by atoms with Crippen LogP contribution in [-0.4, -0.2) is 33.8 Å². The molecule has 0 saturated heterocycles. The van der Waals surface area contributed by atoms with Crippen molar-refractivity contribution in [3.8, 4) is 28.5 Å². The SMILES string of the molecule is N#Cc1cnc2oc(-c3ccccc3)c(-c3ccccc3)c2c1NCC[C@H](O)C(=O)O. The predicted molar refractivity (Wildman–Crippen MR) is 116 cm³/mol. The third-order valence-electron chi connectivity index (χ3n) is 4.94. The van der Waals surface area contributed by atoms with Crippen molar-refractivity contribution in [1.29, 1.82) is 5.26 Å². The third kappa shape index (κ3) is 3.97. The number of hydrogen-bond donors (Lipinski definition) is 3. The molecule has 3 N–H and O–H groups in total. The van der Waals surface area contributed by atoms with E-state index in [9.17, 15) is 15.2 Å². The maximum absolute atomic E-state index is 10.9. The Morgan fingerprint density at radius 2 is 1.74 bits per heavy atom. The van der Waals surface area contributed by atoms with Gasteiger partial charge in [-0.1, -0.05) is 60.7 Å². The fraction of sp³-hybridized carbons (Fsp3) is 0.125. The topological polar surface area (TPSA) is 119 Å². The molecule has 0 radical (unpaired) electrons. The number of pyridine rings is 1. The van der Waals surface area contributed by atoms with Crippen LogP contribution in [0, 0.1) is 11.3 Å². The lowest BCUT2D eigenvalue weighted by molar-refractivity contribution is -0.146. The number of benzene rings is 2. The Morgan fingerprint density at radius 1 is 1.10 bits per heavy atom. The number of rotatable bonds is 7. The zero-order valence-corrected chi connectivity index (χ0v) is 16.4. The molecule has 1 atom stereocenters. The van der Waals surface area contributed by atoms with E-state index >= 15 is 0 Å². The number of aliphatic hydroxyl groups is 1. The summed E-state index contributed by atoms with van der Waals surface area (Å²) in [6.45, 7) is 0.154. The van der Waals surface area contributed by atoms with E-state index in [0.29, 0.717) is 28.1 Å². The second-order valence-electron chi connectivity index (χ2n) is 6.95. The second kappa shape index (κ2) is 8.69. The van der Waals surface area contributed by atoms with Gasteiger partial charge in [0.2, 0.25) is 5.71 Å². The third-order valence-corrected chi connectivity index (χ3v) is 4.94. The first kappa shape index (κ1) is 20.1. The van der Waals surface area contributed by atoms with Gasteiger partial charge in [0.15, 0.2) is 6.10 Å². The van der Waals surface area contributed by atoms with Crippen LogP contribution < -0.4 is 5.32 Å².